The first-order valence-electron chi connectivity index (χ1n) is 6.10. The third kappa shape index (κ3) is 2.60. The summed E-state index contributed by atoms with van der Waals surface area (Å²) in [4.78, 5) is 4.10. The summed E-state index contributed by atoms with van der Waals surface area (Å²) in [7, 11) is 0. The quantitative estimate of drug-likeness (QED) is 0.515. The number of hydrogen-bond donors (Lipinski definition) is 2. The van der Waals surface area contributed by atoms with Crippen LogP contribution in [0.3, 0.4) is 0 Å². The molecule has 1 aromatic heterocycles. The first-order valence-corrected chi connectivity index (χ1v) is 6.85. The minimum atomic E-state index is -0.632. The van der Waals surface area contributed by atoms with Crippen LogP contribution in [-0.2, 0) is 0 Å². The molecule has 0 amide bonds. The SMILES string of the molecule is Nc1ccc(Nc2cc(Cl)c(F)c(Cl)c2)c2cnccc12. The molecular weight excluding hydrogens is 312 g/mol. The number of nitrogens with zero attached hydrogens (tertiary/aromatic N) is 1. The third-order valence-electron chi connectivity index (χ3n) is 3.11. The largest absolute Gasteiger partial charge is 0.398 e. The standard InChI is InChI=1S/C15H10Cl2FN3/c16-11-5-8(6-12(17)15(11)18)21-14-2-1-13(19)9-3-4-20-7-10(9)14/h1-7,21H,19H2. The Kier molecular flexibility index (Phi) is 3.57. The van der Waals surface area contributed by atoms with E-state index in [4.69, 9.17) is 28.9 Å². The minimum Gasteiger partial charge on any atom is -0.398 e. The van der Waals surface area contributed by atoms with Crippen molar-refractivity contribution in [2.24, 2.45) is 0 Å². The van der Waals surface area contributed by atoms with Crippen molar-refractivity contribution in [3.63, 3.8) is 0 Å². The van der Waals surface area contributed by atoms with E-state index in [-0.39, 0.29) is 10.0 Å². The van der Waals surface area contributed by atoms with Crippen LogP contribution in [0.1, 0.15) is 0 Å². The first-order chi connectivity index (χ1) is 10.1. The van der Waals surface area contributed by atoms with Crippen LogP contribution in [0.15, 0.2) is 42.7 Å². The Hall–Kier alpha value is -2.04. The molecule has 0 fully saturated rings. The average molecular weight is 322 g/mol. The summed E-state index contributed by atoms with van der Waals surface area (Å²) >= 11 is 11.6. The second-order valence-corrected chi connectivity index (χ2v) is 5.32. The normalized spacial score (nSPS) is 10.8. The summed E-state index contributed by atoms with van der Waals surface area (Å²) in [5.74, 6) is -0.632. The zero-order valence-electron chi connectivity index (χ0n) is 10.7. The molecule has 0 aliphatic heterocycles. The van der Waals surface area contributed by atoms with E-state index in [1.807, 2.05) is 12.1 Å². The molecule has 0 unspecified atom stereocenters. The lowest BCUT2D eigenvalue weighted by atomic mass is 10.1. The van der Waals surface area contributed by atoms with Crippen molar-refractivity contribution in [2.75, 3.05) is 11.1 Å². The lowest BCUT2D eigenvalue weighted by molar-refractivity contribution is 0.629. The van der Waals surface area contributed by atoms with E-state index in [0.717, 1.165) is 16.5 Å². The van der Waals surface area contributed by atoms with Gasteiger partial charge in [0.15, 0.2) is 5.82 Å². The minimum absolute atomic E-state index is 0.0390. The molecule has 0 aliphatic rings. The van der Waals surface area contributed by atoms with Gasteiger partial charge in [-0.2, -0.15) is 0 Å². The van der Waals surface area contributed by atoms with Crippen molar-refractivity contribution in [1.82, 2.24) is 4.98 Å². The molecule has 0 radical (unpaired) electrons. The maximum atomic E-state index is 13.4. The fourth-order valence-electron chi connectivity index (χ4n) is 2.11. The van der Waals surface area contributed by atoms with Gasteiger partial charge < -0.3 is 11.1 Å². The van der Waals surface area contributed by atoms with Crippen molar-refractivity contribution >= 4 is 51.0 Å². The Morgan fingerprint density at radius 2 is 1.76 bits per heavy atom. The number of anilines is 3. The third-order valence-corrected chi connectivity index (χ3v) is 3.66. The van der Waals surface area contributed by atoms with E-state index in [1.54, 1.807) is 18.5 Å². The molecule has 3 aromatic rings. The summed E-state index contributed by atoms with van der Waals surface area (Å²) in [6.45, 7) is 0. The lowest BCUT2D eigenvalue weighted by Gasteiger charge is -2.12. The molecule has 106 valence electrons. The number of nitrogens with two attached hydrogens (primary N) is 1. The highest BCUT2D eigenvalue weighted by atomic mass is 35.5. The number of fused-ring (bicyclic) bond motifs is 1. The molecule has 1 heterocycles. The van der Waals surface area contributed by atoms with Gasteiger partial charge in [-0.05, 0) is 30.3 Å². The van der Waals surface area contributed by atoms with Gasteiger partial charge in [0, 0.05) is 40.2 Å². The Morgan fingerprint density at radius 3 is 2.48 bits per heavy atom. The molecule has 3 nitrogen and oxygen atoms in total. The van der Waals surface area contributed by atoms with Gasteiger partial charge in [-0.25, -0.2) is 4.39 Å². The molecule has 3 rings (SSSR count). The molecular formula is C15H10Cl2FN3. The molecule has 21 heavy (non-hydrogen) atoms. The first kappa shape index (κ1) is 13.9. The number of nitrogens with one attached hydrogen (secondary N) is 1. The van der Waals surface area contributed by atoms with E-state index >= 15 is 0 Å². The van der Waals surface area contributed by atoms with E-state index in [0.29, 0.717) is 11.4 Å². The molecule has 0 bridgehead atoms. The number of nitrogen functional groups attached to an aromatic ring is 1. The molecule has 0 saturated carbocycles. The molecule has 0 saturated heterocycles. The van der Waals surface area contributed by atoms with Crippen molar-refractivity contribution in [1.29, 1.82) is 0 Å². The van der Waals surface area contributed by atoms with Gasteiger partial charge in [0.1, 0.15) is 0 Å². The van der Waals surface area contributed by atoms with Crippen LogP contribution in [0.4, 0.5) is 21.5 Å². The summed E-state index contributed by atoms with van der Waals surface area (Å²) in [5.41, 5.74) is 7.97. The molecule has 3 N–H and O–H groups in total. The fourth-order valence-corrected chi connectivity index (χ4v) is 2.59. The molecule has 0 spiro atoms. The molecule has 0 atom stereocenters. The van der Waals surface area contributed by atoms with Gasteiger partial charge in [0.05, 0.1) is 10.0 Å². The van der Waals surface area contributed by atoms with Crippen LogP contribution < -0.4 is 11.1 Å². The Morgan fingerprint density at radius 1 is 1.05 bits per heavy atom. The van der Waals surface area contributed by atoms with E-state index in [9.17, 15) is 4.39 Å². The van der Waals surface area contributed by atoms with Gasteiger partial charge in [-0.15, -0.1) is 0 Å². The predicted molar refractivity (Wildman–Crippen MR) is 85.9 cm³/mol. The van der Waals surface area contributed by atoms with Gasteiger partial charge >= 0.3 is 0 Å². The number of aromatic nitrogens is 1. The van der Waals surface area contributed by atoms with Crippen molar-refractivity contribution < 1.29 is 4.39 Å². The van der Waals surface area contributed by atoms with Crippen molar-refractivity contribution in [3.8, 4) is 0 Å². The maximum absolute atomic E-state index is 13.4. The molecule has 6 heteroatoms. The fraction of sp³-hybridized carbons (Fsp3) is 0. The van der Waals surface area contributed by atoms with Crippen LogP contribution in [0.25, 0.3) is 10.8 Å². The van der Waals surface area contributed by atoms with Crippen LogP contribution >= 0.6 is 23.2 Å². The number of benzene rings is 2. The smallest absolute Gasteiger partial charge is 0.160 e. The summed E-state index contributed by atoms with van der Waals surface area (Å²) in [6, 6.07) is 8.39. The number of rotatable bonds is 2. The lowest BCUT2D eigenvalue weighted by Crippen LogP contribution is -1.95. The highest BCUT2D eigenvalue weighted by Crippen LogP contribution is 2.33. The summed E-state index contributed by atoms with van der Waals surface area (Å²) in [5, 5.41) is 4.81. The van der Waals surface area contributed by atoms with E-state index in [2.05, 4.69) is 10.3 Å². The van der Waals surface area contributed by atoms with Gasteiger partial charge in [-0.3, -0.25) is 4.98 Å². The van der Waals surface area contributed by atoms with Gasteiger partial charge in [0.25, 0.3) is 0 Å². The maximum Gasteiger partial charge on any atom is 0.160 e. The zero-order valence-corrected chi connectivity index (χ0v) is 12.2. The van der Waals surface area contributed by atoms with Crippen molar-refractivity contribution in [3.05, 3.63) is 58.6 Å². The number of hydrogen-bond acceptors (Lipinski definition) is 3. The number of pyridine rings is 1. The Labute approximate surface area is 130 Å². The summed E-state index contributed by atoms with van der Waals surface area (Å²) in [6.07, 6.45) is 3.38. The topological polar surface area (TPSA) is 50.9 Å². The average Bonchev–Trinajstić information content (AvgIpc) is 2.48. The van der Waals surface area contributed by atoms with Crippen LogP contribution in [0, 0.1) is 5.82 Å². The highest BCUT2D eigenvalue weighted by molar-refractivity contribution is 6.35. The van der Waals surface area contributed by atoms with Crippen molar-refractivity contribution in [2.45, 2.75) is 0 Å². The van der Waals surface area contributed by atoms with Gasteiger partial charge in [-0.1, -0.05) is 23.2 Å². The van der Waals surface area contributed by atoms with Crippen LogP contribution in [0.5, 0.6) is 0 Å². The van der Waals surface area contributed by atoms with E-state index < -0.39 is 5.82 Å². The Bertz CT molecular complexity index is 813. The molecule has 2 aromatic carbocycles. The van der Waals surface area contributed by atoms with E-state index in [1.165, 1.54) is 12.1 Å². The molecule has 0 aliphatic carbocycles. The predicted octanol–water partition coefficient (Wildman–Crippen LogP) is 5.01. The monoisotopic (exact) mass is 321 g/mol. The summed E-state index contributed by atoms with van der Waals surface area (Å²) < 4.78 is 13.4. The zero-order chi connectivity index (χ0) is 15.0. The highest BCUT2D eigenvalue weighted by Gasteiger charge is 2.09. The van der Waals surface area contributed by atoms with Gasteiger partial charge in [0.2, 0.25) is 0 Å². The number of halogens is 3. The van der Waals surface area contributed by atoms with Crippen LogP contribution in [-0.4, -0.2) is 4.98 Å². The second-order valence-electron chi connectivity index (χ2n) is 4.50. The second kappa shape index (κ2) is 5.39. The van der Waals surface area contributed by atoms with Crippen LogP contribution in [0.2, 0.25) is 10.0 Å². The Balaban J connectivity index is 2.09.